The van der Waals surface area contributed by atoms with Crippen LogP contribution in [0.25, 0.3) is 0 Å². The summed E-state index contributed by atoms with van der Waals surface area (Å²) in [6.45, 7) is 6.23. The van der Waals surface area contributed by atoms with E-state index in [-0.39, 0.29) is 0 Å². The van der Waals surface area contributed by atoms with Gasteiger partial charge >= 0.3 is 0 Å². The summed E-state index contributed by atoms with van der Waals surface area (Å²) < 4.78 is 1.24. The van der Waals surface area contributed by atoms with Crippen molar-refractivity contribution < 1.29 is 4.48 Å². The monoisotopic (exact) mass is 213 g/mol. The van der Waals surface area contributed by atoms with E-state index in [2.05, 4.69) is 33.0 Å². The van der Waals surface area contributed by atoms with Crippen LogP contribution in [0.1, 0.15) is 39.0 Å². The Morgan fingerprint density at radius 2 is 1.73 bits per heavy atom. The van der Waals surface area contributed by atoms with Crippen molar-refractivity contribution in [1.82, 2.24) is 4.90 Å². The van der Waals surface area contributed by atoms with Crippen LogP contribution >= 0.6 is 0 Å². The van der Waals surface area contributed by atoms with Gasteiger partial charge in [-0.3, -0.25) is 0 Å². The van der Waals surface area contributed by atoms with E-state index in [1.54, 1.807) is 0 Å². The summed E-state index contributed by atoms with van der Waals surface area (Å²) in [5, 5.41) is 0. The lowest BCUT2D eigenvalue weighted by molar-refractivity contribution is -0.916. The molecule has 0 aromatic rings. The Hall–Kier alpha value is -0.0800. The molecule has 2 heteroatoms. The molecule has 0 radical (unpaired) electrons. The Morgan fingerprint density at radius 1 is 1.13 bits per heavy atom. The molecule has 1 saturated heterocycles. The van der Waals surface area contributed by atoms with E-state index in [4.69, 9.17) is 0 Å². The molecule has 0 atom stereocenters. The van der Waals surface area contributed by atoms with E-state index in [1.165, 1.54) is 56.2 Å². The van der Waals surface area contributed by atoms with Gasteiger partial charge in [0.05, 0.1) is 26.7 Å². The molecule has 0 bridgehead atoms. The Morgan fingerprint density at radius 3 is 2.27 bits per heavy atom. The molecule has 1 heterocycles. The molecule has 0 aromatic carbocycles. The molecule has 1 aliphatic heterocycles. The molecule has 2 nitrogen and oxygen atoms in total. The minimum absolute atomic E-state index is 0.901. The van der Waals surface area contributed by atoms with E-state index in [0.717, 1.165) is 6.04 Å². The number of rotatable bonds is 5. The second-order valence-corrected chi connectivity index (χ2v) is 5.74. The van der Waals surface area contributed by atoms with E-state index >= 15 is 0 Å². The molecule has 0 saturated carbocycles. The van der Waals surface area contributed by atoms with Gasteiger partial charge in [0.15, 0.2) is 0 Å². The standard InChI is InChI=1S/C13H29N2/c1-5-6-7-12-15(3,4)13-8-10-14(2)11-9-13/h13H,5-12H2,1-4H3/q+1. The molecule has 0 spiro atoms. The maximum absolute atomic E-state index is 2.46. The number of hydrogen-bond donors (Lipinski definition) is 0. The third-order valence-electron chi connectivity index (χ3n) is 4.01. The van der Waals surface area contributed by atoms with Crippen molar-refractivity contribution in [1.29, 1.82) is 0 Å². The SMILES string of the molecule is CCCCC[N+](C)(C)C1CCN(C)CC1. The van der Waals surface area contributed by atoms with E-state index in [1.807, 2.05) is 0 Å². The summed E-state index contributed by atoms with van der Waals surface area (Å²) in [5.74, 6) is 0. The summed E-state index contributed by atoms with van der Waals surface area (Å²) >= 11 is 0. The van der Waals surface area contributed by atoms with E-state index < -0.39 is 0 Å². The molecule has 0 aliphatic carbocycles. The topological polar surface area (TPSA) is 3.24 Å². The average Bonchev–Trinajstić information content (AvgIpc) is 2.18. The molecular weight excluding hydrogens is 184 g/mol. The molecule has 0 aromatic heterocycles. The molecule has 1 rings (SSSR count). The lowest BCUT2D eigenvalue weighted by Gasteiger charge is -2.42. The molecule has 0 amide bonds. The van der Waals surface area contributed by atoms with Gasteiger partial charge in [0, 0.05) is 25.9 Å². The van der Waals surface area contributed by atoms with Gasteiger partial charge in [-0.1, -0.05) is 13.3 Å². The lowest BCUT2D eigenvalue weighted by atomic mass is 10.0. The molecule has 15 heavy (non-hydrogen) atoms. The van der Waals surface area contributed by atoms with Gasteiger partial charge in [0.1, 0.15) is 0 Å². The van der Waals surface area contributed by atoms with E-state index in [9.17, 15) is 0 Å². The highest BCUT2D eigenvalue weighted by molar-refractivity contribution is 4.70. The van der Waals surface area contributed by atoms with Crippen molar-refractivity contribution >= 4 is 0 Å². The van der Waals surface area contributed by atoms with Crippen molar-refractivity contribution in [2.75, 3.05) is 40.8 Å². The summed E-state index contributed by atoms with van der Waals surface area (Å²) in [4.78, 5) is 2.46. The first-order valence-electron chi connectivity index (χ1n) is 6.57. The zero-order valence-corrected chi connectivity index (χ0v) is 11.1. The fourth-order valence-corrected chi connectivity index (χ4v) is 2.65. The van der Waals surface area contributed by atoms with Crippen molar-refractivity contribution in [3.63, 3.8) is 0 Å². The number of hydrogen-bond acceptors (Lipinski definition) is 1. The average molecular weight is 213 g/mol. The summed E-state index contributed by atoms with van der Waals surface area (Å²) in [7, 11) is 7.09. The van der Waals surface area contributed by atoms with Crippen LogP contribution in [0.2, 0.25) is 0 Å². The number of unbranched alkanes of at least 4 members (excludes halogenated alkanes) is 2. The summed E-state index contributed by atoms with van der Waals surface area (Å²) in [5.41, 5.74) is 0. The number of likely N-dealkylation sites (tertiary alicyclic amines) is 1. The minimum atomic E-state index is 0.901. The first-order chi connectivity index (χ1) is 7.06. The molecule has 90 valence electrons. The zero-order valence-electron chi connectivity index (χ0n) is 11.1. The minimum Gasteiger partial charge on any atom is -0.326 e. The third-order valence-corrected chi connectivity index (χ3v) is 4.01. The van der Waals surface area contributed by atoms with Gasteiger partial charge in [0.25, 0.3) is 0 Å². The van der Waals surface area contributed by atoms with Crippen LogP contribution in [-0.4, -0.2) is 56.2 Å². The van der Waals surface area contributed by atoms with Gasteiger partial charge in [0.2, 0.25) is 0 Å². The van der Waals surface area contributed by atoms with Crippen LogP contribution in [-0.2, 0) is 0 Å². The van der Waals surface area contributed by atoms with Crippen molar-refractivity contribution in [3.05, 3.63) is 0 Å². The third kappa shape index (κ3) is 4.12. The number of nitrogens with zero attached hydrogens (tertiary/aromatic N) is 2. The van der Waals surface area contributed by atoms with Gasteiger partial charge in [-0.25, -0.2) is 0 Å². The van der Waals surface area contributed by atoms with Crippen LogP contribution in [0.5, 0.6) is 0 Å². The molecule has 1 fully saturated rings. The Labute approximate surface area is 95.8 Å². The Kier molecular flexibility index (Phi) is 5.07. The highest BCUT2D eigenvalue weighted by atomic mass is 15.3. The summed E-state index contributed by atoms with van der Waals surface area (Å²) in [6.07, 6.45) is 6.91. The fourth-order valence-electron chi connectivity index (χ4n) is 2.65. The van der Waals surface area contributed by atoms with Crippen LogP contribution in [0, 0.1) is 0 Å². The van der Waals surface area contributed by atoms with Gasteiger partial charge in [-0.05, 0) is 19.9 Å². The molecule has 1 aliphatic rings. The van der Waals surface area contributed by atoms with Gasteiger partial charge in [-0.15, -0.1) is 0 Å². The van der Waals surface area contributed by atoms with E-state index in [0.29, 0.717) is 0 Å². The van der Waals surface area contributed by atoms with Crippen LogP contribution in [0.3, 0.4) is 0 Å². The Balaban J connectivity index is 2.32. The Bertz CT molecular complexity index is 169. The largest absolute Gasteiger partial charge is 0.326 e. The smallest absolute Gasteiger partial charge is 0.0910 e. The second kappa shape index (κ2) is 5.86. The van der Waals surface area contributed by atoms with Gasteiger partial charge in [-0.2, -0.15) is 0 Å². The highest BCUT2D eigenvalue weighted by Crippen LogP contribution is 2.20. The molecule has 0 unspecified atom stereocenters. The highest BCUT2D eigenvalue weighted by Gasteiger charge is 2.30. The number of piperidine rings is 1. The van der Waals surface area contributed by atoms with Crippen molar-refractivity contribution in [2.24, 2.45) is 0 Å². The predicted molar refractivity (Wildman–Crippen MR) is 67.0 cm³/mol. The fraction of sp³-hybridized carbons (Fsp3) is 1.00. The zero-order chi connectivity index (χ0) is 11.3. The van der Waals surface area contributed by atoms with Crippen LogP contribution < -0.4 is 0 Å². The maximum atomic E-state index is 2.46. The molecule has 0 N–H and O–H groups in total. The lowest BCUT2D eigenvalue weighted by Crippen LogP contribution is -2.53. The van der Waals surface area contributed by atoms with Crippen LogP contribution in [0.4, 0.5) is 0 Å². The molecular formula is C13H29N2+. The predicted octanol–water partition coefficient (Wildman–Crippen LogP) is 2.35. The second-order valence-electron chi connectivity index (χ2n) is 5.74. The first kappa shape index (κ1) is 13.0. The maximum Gasteiger partial charge on any atom is 0.0910 e. The van der Waals surface area contributed by atoms with Crippen molar-refractivity contribution in [3.8, 4) is 0 Å². The van der Waals surface area contributed by atoms with Gasteiger partial charge < -0.3 is 9.38 Å². The number of quaternary nitrogens is 1. The van der Waals surface area contributed by atoms with Crippen molar-refractivity contribution in [2.45, 2.75) is 45.1 Å². The first-order valence-corrected chi connectivity index (χ1v) is 6.57. The summed E-state index contributed by atoms with van der Waals surface area (Å²) in [6, 6.07) is 0.901. The normalized spacial score (nSPS) is 20.8. The quantitative estimate of drug-likeness (QED) is 0.500. The van der Waals surface area contributed by atoms with Crippen LogP contribution in [0.15, 0.2) is 0 Å².